The molecule has 0 aromatic heterocycles. The standard InChI is InChI=1S/C12H15NO/c1-9-5-3-4-6-10(9)12(2)11(14)7-8-13-12/h3-6,13H,7-8H2,1-2H3. The summed E-state index contributed by atoms with van der Waals surface area (Å²) >= 11 is 0. The van der Waals surface area contributed by atoms with Crippen LogP contribution in [-0.4, -0.2) is 12.3 Å². The van der Waals surface area contributed by atoms with E-state index in [1.54, 1.807) is 0 Å². The summed E-state index contributed by atoms with van der Waals surface area (Å²) in [6.07, 6.45) is 0.644. The average molecular weight is 189 g/mol. The number of hydrogen-bond acceptors (Lipinski definition) is 2. The molecule has 74 valence electrons. The molecule has 1 aromatic carbocycles. The minimum absolute atomic E-state index is 0.298. The molecule has 0 saturated carbocycles. The lowest BCUT2D eigenvalue weighted by Gasteiger charge is -2.25. The van der Waals surface area contributed by atoms with Gasteiger partial charge in [-0.2, -0.15) is 0 Å². The maximum atomic E-state index is 11.8. The number of carbonyl (C=O) groups is 1. The molecular weight excluding hydrogens is 174 g/mol. The average Bonchev–Trinajstić information content (AvgIpc) is 2.49. The van der Waals surface area contributed by atoms with Crippen molar-refractivity contribution in [1.29, 1.82) is 0 Å². The lowest BCUT2D eigenvalue weighted by atomic mass is 9.86. The van der Waals surface area contributed by atoms with Gasteiger partial charge in [0, 0.05) is 13.0 Å². The molecule has 0 aliphatic carbocycles. The highest BCUT2D eigenvalue weighted by molar-refractivity contribution is 5.91. The Bertz CT molecular complexity index is 372. The molecule has 0 bridgehead atoms. The topological polar surface area (TPSA) is 29.1 Å². The summed E-state index contributed by atoms with van der Waals surface area (Å²) in [5.74, 6) is 0.298. The van der Waals surface area contributed by atoms with Crippen LogP contribution >= 0.6 is 0 Å². The smallest absolute Gasteiger partial charge is 0.158 e. The molecule has 2 nitrogen and oxygen atoms in total. The van der Waals surface area contributed by atoms with E-state index in [2.05, 4.69) is 5.32 Å². The number of ketones is 1. The zero-order valence-electron chi connectivity index (χ0n) is 8.63. The Hall–Kier alpha value is -1.15. The van der Waals surface area contributed by atoms with Crippen LogP contribution in [0.4, 0.5) is 0 Å². The molecule has 1 unspecified atom stereocenters. The summed E-state index contributed by atoms with van der Waals surface area (Å²) in [6.45, 7) is 4.82. The van der Waals surface area contributed by atoms with E-state index in [-0.39, 0.29) is 0 Å². The molecule has 2 heteroatoms. The zero-order valence-corrected chi connectivity index (χ0v) is 8.63. The van der Waals surface area contributed by atoms with E-state index in [0.29, 0.717) is 12.2 Å². The van der Waals surface area contributed by atoms with Crippen LogP contribution in [-0.2, 0) is 10.3 Å². The third kappa shape index (κ3) is 1.26. The number of benzene rings is 1. The fraction of sp³-hybridized carbons (Fsp3) is 0.417. The minimum Gasteiger partial charge on any atom is -0.301 e. The molecule has 1 N–H and O–H groups in total. The van der Waals surface area contributed by atoms with Gasteiger partial charge in [-0.25, -0.2) is 0 Å². The van der Waals surface area contributed by atoms with Crippen molar-refractivity contribution in [3.05, 3.63) is 35.4 Å². The zero-order chi connectivity index (χ0) is 10.2. The molecule has 1 atom stereocenters. The summed E-state index contributed by atoms with van der Waals surface area (Å²) in [5, 5.41) is 3.29. The van der Waals surface area contributed by atoms with Crippen LogP contribution in [0.3, 0.4) is 0 Å². The number of aryl methyl sites for hydroxylation is 1. The molecule has 14 heavy (non-hydrogen) atoms. The first-order valence-corrected chi connectivity index (χ1v) is 4.99. The molecule has 1 saturated heterocycles. The van der Waals surface area contributed by atoms with Crippen molar-refractivity contribution in [3.63, 3.8) is 0 Å². The lowest BCUT2D eigenvalue weighted by molar-refractivity contribution is -0.122. The molecule has 1 fully saturated rings. The van der Waals surface area contributed by atoms with Gasteiger partial charge in [-0.3, -0.25) is 4.79 Å². The molecule has 0 spiro atoms. The first kappa shape index (κ1) is 9.41. The first-order valence-electron chi connectivity index (χ1n) is 4.99. The summed E-state index contributed by atoms with van der Waals surface area (Å²) in [6, 6.07) is 8.07. The second-order valence-corrected chi connectivity index (χ2v) is 4.04. The van der Waals surface area contributed by atoms with Crippen LogP contribution in [0.15, 0.2) is 24.3 Å². The maximum absolute atomic E-state index is 11.8. The Labute approximate surface area is 84.3 Å². The van der Waals surface area contributed by atoms with Gasteiger partial charge in [0.15, 0.2) is 5.78 Å². The van der Waals surface area contributed by atoms with Gasteiger partial charge in [-0.15, -0.1) is 0 Å². The third-order valence-electron chi connectivity index (χ3n) is 3.07. The summed E-state index contributed by atoms with van der Waals surface area (Å²) in [4.78, 5) is 11.8. The largest absolute Gasteiger partial charge is 0.301 e. The van der Waals surface area contributed by atoms with E-state index in [0.717, 1.165) is 12.1 Å². The van der Waals surface area contributed by atoms with E-state index in [9.17, 15) is 4.79 Å². The number of Topliss-reactive ketones (excluding diaryl/α,β-unsaturated/α-hetero) is 1. The first-order chi connectivity index (χ1) is 6.64. The quantitative estimate of drug-likeness (QED) is 0.729. The Morgan fingerprint density at radius 3 is 2.64 bits per heavy atom. The molecule has 0 amide bonds. The monoisotopic (exact) mass is 189 g/mol. The van der Waals surface area contributed by atoms with Crippen molar-refractivity contribution in [1.82, 2.24) is 5.32 Å². The van der Waals surface area contributed by atoms with Crippen molar-refractivity contribution < 1.29 is 4.79 Å². The number of carbonyl (C=O) groups excluding carboxylic acids is 1. The normalized spacial score (nSPS) is 26.9. The van der Waals surface area contributed by atoms with E-state index in [4.69, 9.17) is 0 Å². The van der Waals surface area contributed by atoms with Gasteiger partial charge < -0.3 is 5.32 Å². The summed E-state index contributed by atoms with van der Waals surface area (Å²) in [5.41, 5.74) is 1.84. The summed E-state index contributed by atoms with van der Waals surface area (Å²) < 4.78 is 0. The van der Waals surface area contributed by atoms with Crippen LogP contribution in [0.2, 0.25) is 0 Å². The van der Waals surface area contributed by atoms with Crippen LogP contribution < -0.4 is 5.32 Å². The predicted octanol–water partition coefficient (Wildman–Crippen LogP) is 1.77. The second kappa shape index (κ2) is 3.21. The van der Waals surface area contributed by atoms with E-state index in [1.165, 1.54) is 5.56 Å². The number of hydrogen-bond donors (Lipinski definition) is 1. The number of nitrogens with one attached hydrogen (secondary N) is 1. The van der Waals surface area contributed by atoms with Gasteiger partial charge in [-0.1, -0.05) is 24.3 Å². The Kier molecular flexibility index (Phi) is 2.16. The molecule has 1 aliphatic heterocycles. The molecule has 1 aliphatic rings. The molecule has 1 aromatic rings. The van der Waals surface area contributed by atoms with Crippen molar-refractivity contribution in [2.45, 2.75) is 25.8 Å². The van der Waals surface area contributed by atoms with E-state index < -0.39 is 5.54 Å². The summed E-state index contributed by atoms with van der Waals surface area (Å²) in [7, 11) is 0. The van der Waals surface area contributed by atoms with Crippen LogP contribution in [0, 0.1) is 6.92 Å². The van der Waals surface area contributed by atoms with Crippen molar-refractivity contribution >= 4 is 5.78 Å². The maximum Gasteiger partial charge on any atom is 0.158 e. The highest BCUT2D eigenvalue weighted by Crippen LogP contribution is 2.29. The molecule has 0 radical (unpaired) electrons. The third-order valence-corrected chi connectivity index (χ3v) is 3.07. The molecular formula is C12H15NO. The Balaban J connectivity index is 2.48. The van der Waals surface area contributed by atoms with Gasteiger partial charge in [0.25, 0.3) is 0 Å². The molecule has 2 rings (SSSR count). The minimum atomic E-state index is -0.453. The van der Waals surface area contributed by atoms with Crippen molar-refractivity contribution in [3.8, 4) is 0 Å². The van der Waals surface area contributed by atoms with Gasteiger partial charge in [0.2, 0.25) is 0 Å². The fourth-order valence-electron chi connectivity index (χ4n) is 2.15. The Morgan fingerprint density at radius 2 is 2.07 bits per heavy atom. The van der Waals surface area contributed by atoms with E-state index >= 15 is 0 Å². The highest BCUT2D eigenvalue weighted by Gasteiger charge is 2.39. The number of rotatable bonds is 1. The van der Waals surface area contributed by atoms with Gasteiger partial charge in [-0.05, 0) is 25.0 Å². The van der Waals surface area contributed by atoms with Crippen LogP contribution in [0.25, 0.3) is 0 Å². The SMILES string of the molecule is Cc1ccccc1C1(C)NCCC1=O. The highest BCUT2D eigenvalue weighted by atomic mass is 16.1. The molecule has 1 heterocycles. The van der Waals surface area contributed by atoms with Gasteiger partial charge in [0.1, 0.15) is 5.54 Å². The van der Waals surface area contributed by atoms with Gasteiger partial charge >= 0.3 is 0 Å². The Morgan fingerprint density at radius 1 is 1.36 bits per heavy atom. The van der Waals surface area contributed by atoms with Crippen molar-refractivity contribution in [2.24, 2.45) is 0 Å². The van der Waals surface area contributed by atoms with Crippen LogP contribution in [0.1, 0.15) is 24.5 Å². The van der Waals surface area contributed by atoms with Crippen molar-refractivity contribution in [2.75, 3.05) is 6.54 Å². The predicted molar refractivity (Wildman–Crippen MR) is 56.2 cm³/mol. The van der Waals surface area contributed by atoms with Gasteiger partial charge in [0.05, 0.1) is 0 Å². The second-order valence-electron chi connectivity index (χ2n) is 4.04. The van der Waals surface area contributed by atoms with E-state index in [1.807, 2.05) is 38.1 Å². The van der Waals surface area contributed by atoms with Crippen LogP contribution in [0.5, 0.6) is 0 Å². The lowest BCUT2D eigenvalue weighted by Crippen LogP contribution is -2.39. The fourth-order valence-corrected chi connectivity index (χ4v) is 2.15.